The maximum atomic E-state index is 11.4. The molecule has 0 aromatic rings. The zero-order valence-corrected chi connectivity index (χ0v) is 10.3. The van der Waals surface area contributed by atoms with Crippen molar-refractivity contribution in [3.63, 3.8) is 0 Å². The monoisotopic (exact) mass is 214 g/mol. The first-order valence-corrected chi connectivity index (χ1v) is 5.38. The summed E-state index contributed by atoms with van der Waals surface area (Å²) in [6.45, 7) is 6.20. The van der Waals surface area contributed by atoms with Crippen LogP contribution in [0.3, 0.4) is 0 Å². The van der Waals surface area contributed by atoms with Crippen LogP contribution in [0.2, 0.25) is 0 Å². The molecule has 0 aliphatic carbocycles. The van der Waals surface area contributed by atoms with Crippen molar-refractivity contribution in [1.82, 2.24) is 10.2 Å². The van der Waals surface area contributed by atoms with Gasteiger partial charge in [0.05, 0.1) is 6.04 Å². The Hall–Kier alpha value is -0.900. The van der Waals surface area contributed by atoms with Crippen LogP contribution in [0.1, 0.15) is 27.2 Å². The lowest BCUT2D eigenvalue weighted by Gasteiger charge is -2.25. The van der Waals surface area contributed by atoms with Crippen LogP contribution in [0, 0.1) is 5.92 Å². The van der Waals surface area contributed by atoms with Gasteiger partial charge in [-0.25, -0.2) is 0 Å². The van der Waals surface area contributed by atoms with E-state index in [1.807, 2.05) is 32.7 Å². The summed E-state index contributed by atoms with van der Waals surface area (Å²) in [7, 11) is 3.50. The van der Waals surface area contributed by atoms with Crippen molar-refractivity contribution in [2.24, 2.45) is 5.92 Å². The normalized spacial score (nSPS) is 14.8. The SMILES string of the molecule is CCC(=O)C(C)N(C)CC(C)C(=O)NC. The number of carbonyl (C=O) groups is 2. The molecule has 4 heteroatoms. The number of hydrogen-bond donors (Lipinski definition) is 1. The van der Waals surface area contributed by atoms with Gasteiger partial charge in [-0.05, 0) is 14.0 Å². The van der Waals surface area contributed by atoms with Crippen molar-refractivity contribution in [1.29, 1.82) is 0 Å². The van der Waals surface area contributed by atoms with Crippen molar-refractivity contribution in [3.8, 4) is 0 Å². The van der Waals surface area contributed by atoms with Crippen molar-refractivity contribution in [2.75, 3.05) is 20.6 Å². The molecular weight excluding hydrogens is 192 g/mol. The van der Waals surface area contributed by atoms with Gasteiger partial charge in [0.15, 0.2) is 0 Å². The molecule has 0 heterocycles. The second-order valence-corrected chi connectivity index (χ2v) is 3.95. The van der Waals surface area contributed by atoms with Crippen LogP contribution in [0.15, 0.2) is 0 Å². The minimum absolute atomic E-state index is 0.0120. The van der Waals surface area contributed by atoms with E-state index in [1.54, 1.807) is 7.05 Å². The summed E-state index contributed by atoms with van der Waals surface area (Å²) >= 11 is 0. The minimum atomic E-state index is -0.109. The van der Waals surface area contributed by atoms with Gasteiger partial charge in [-0.3, -0.25) is 14.5 Å². The van der Waals surface area contributed by atoms with E-state index in [0.717, 1.165) is 0 Å². The van der Waals surface area contributed by atoms with Gasteiger partial charge in [0.1, 0.15) is 5.78 Å². The van der Waals surface area contributed by atoms with E-state index in [9.17, 15) is 9.59 Å². The lowest BCUT2D eigenvalue weighted by molar-refractivity contribution is -0.127. The minimum Gasteiger partial charge on any atom is -0.359 e. The van der Waals surface area contributed by atoms with E-state index >= 15 is 0 Å². The topological polar surface area (TPSA) is 49.4 Å². The number of likely N-dealkylation sites (N-methyl/N-ethyl adjacent to an activating group) is 1. The maximum Gasteiger partial charge on any atom is 0.223 e. The molecule has 0 spiro atoms. The number of Topliss-reactive ketones (excluding diaryl/α,β-unsaturated/α-hetero) is 1. The summed E-state index contributed by atoms with van der Waals surface area (Å²) in [6.07, 6.45) is 0.542. The fourth-order valence-electron chi connectivity index (χ4n) is 1.46. The fraction of sp³-hybridized carbons (Fsp3) is 0.818. The molecule has 0 aromatic carbocycles. The molecule has 0 aliphatic heterocycles. The second-order valence-electron chi connectivity index (χ2n) is 3.95. The Kier molecular flexibility index (Phi) is 6.17. The highest BCUT2D eigenvalue weighted by molar-refractivity contribution is 5.83. The molecular formula is C11H22N2O2. The Morgan fingerprint density at radius 3 is 2.27 bits per heavy atom. The lowest BCUT2D eigenvalue weighted by Crippen LogP contribution is -2.41. The highest BCUT2D eigenvalue weighted by atomic mass is 16.2. The quantitative estimate of drug-likeness (QED) is 0.707. The van der Waals surface area contributed by atoms with Gasteiger partial charge < -0.3 is 5.32 Å². The summed E-state index contributed by atoms with van der Waals surface area (Å²) in [5, 5.41) is 2.60. The fourth-order valence-corrected chi connectivity index (χ4v) is 1.46. The Labute approximate surface area is 92.0 Å². The number of carbonyl (C=O) groups excluding carboxylic acids is 2. The van der Waals surface area contributed by atoms with Crippen molar-refractivity contribution < 1.29 is 9.59 Å². The van der Waals surface area contributed by atoms with E-state index in [4.69, 9.17) is 0 Å². The summed E-state index contributed by atoms with van der Waals surface area (Å²) in [4.78, 5) is 24.6. The average Bonchev–Trinajstić information content (AvgIpc) is 2.25. The highest BCUT2D eigenvalue weighted by Gasteiger charge is 2.20. The number of nitrogens with zero attached hydrogens (tertiary/aromatic N) is 1. The van der Waals surface area contributed by atoms with Crippen molar-refractivity contribution >= 4 is 11.7 Å². The van der Waals surface area contributed by atoms with E-state index < -0.39 is 0 Å². The predicted molar refractivity (Wildman–Crippen MR) is 60.6 cm³/mol. The van der Waals surface area contributed by atoms with Gasteiger partial charge in [-0.15, -0.1) is 0 Å². The predicted octanol–water partition coefficient (Wildman–Crippen LogP) is 0.668. The number of hydrogen-bond acceptors (Lipinski definition) is 3. The molecule has 0 aliphatic rings. The highest BCUT2D eigenvalue weighted by Crippen LogP contribution is 2.05. The Morgan fingerprint density at radius 2 is 1.87 bits per heavy atom. The number of amides is 1. The van der Waals surface area contributed by atoms with Crippen LogP contribution < -0.4 is 5.32 Å². The molecule has 0 saturated heterocycles. The summed E-state index contributed by atoms with van der Waals surface area (Å²) in [5.74, 6) is 0.131. The maximum absolute atomic E-state index is 11.4. The molecule has 4 nitrogen and oxygen atoms in total. The van der Waals surface area contributed by atoms with E-state index in [2.05, 4.69) is 5.32 Å². The van der Waals surface area contributed by atoms with E-state index in [1.165, 1.54) is 0 Å². The largest absolute Gasteiger partial charge is 0.359 e. The van der Waals surface area contributed by atoms with Gasteiger partial charge in [0.25, 0.3) is 0 Å². The molecule has 0 rings (SSSR count). The summed E-state index contributed by atoms with van der Waals surface area (Å²) in [6, 6.07) is -0.109. The second kappa shape index (κ2) is 6.56. The van der Waals surface area contributed by atoms with E-state index in [0.29, 0.717) is 13.0 Å². The third-order valence-electron chi connectivity index (χ3n) is 2.73. The van der Waals surface area contributed by atoms with Crippen LogP contribution in [-0.2, 0) is 9.59 Å². The molecule has 1 N–H and O–H groups in total. The van der Waals surface area contributed by atoms with Gasteiger partial charge in [-0.2, -0.15) is 0 Å². The Balaban J connectivity index is 4.17. The van der Waals surface area contributed by atoms with Crippen molar-refractivity contribution in [2.45, 2.75) is 33.2 Å². The molecule has 88 valence electrons. The average molecular weight is 214 g/mol. The standard InChI is InChI=1S/C11H22N2O2/c1-6-10(14)9(3)13(5)7-8(2)11(15)12-4/h8-9H,6-7H2,1-5H3,(H,12,15). The van der Waals surface area contributed by atoms with Crippen molar-refractivity contribution in [3.05, 3.63) is 0 Å². The van der Waals surface area contributed by atoms with E-state index in [-0.39, 0.29) is 23.7 Å². The Bertz CT molecular complexity index is 229. The van der Waals surface area contributed by atoms with Gasteiger partial charge in [0.2, 0.25) is 5.91 Å². The molecule has 15 heavy (non-hydrogen) atoms. The number of nitrogens with one attached hydrogen (secondary N) is 1. The van der Waals surface area contributed by atoms with Crippen LogP contribution >= 0.6 is 0 Å². The molecule has 0 radical (unpaired) electrons. The van der Waals surface area contributed by atoms with Gasteiger partial charge in [0, 0.05) is 25.9 Å². The molecule has 1 amide bonds. The Morgan fingerprint density at radius 1 is 1.33 bits per heavy atom. The molecule has 2 atom stereocenters. The van der Waals surface area contributed by atoms with Gasteiger partial charge >= 0.3 is 0 Å². The number of ketones is 1. The van der Waals surface area contributed by atoms with Crippen LogP contribution in [0.5, 0.6) is 0 Å². The van der Waals surface area contributed by atoms with Gasteiger partial charge in [-0.1, -0.05) is 13.8 Å². The summed E-state index contributed by atoms with van der Waals surface area (Å²) in [5.41, 5.74) is 0. The first-order chi connectivity index (χ1) is 6.93. The molecule has 0 bridgehead atoms. The molecule has 0 fully saturated rings. The smallest absolute Gasteiger partial charge is 0.223 e. The summed E-state index contributed by atoms with van der Waals surface area (Å²) < 4.78 is 0. The van der Waals surface area contributed by atoms with Crippen LogP contribution in [0.4, 0.5) is 0 Å². The van der Waals surface area contributed by atoms with Crippen LogP contribution in [0.25, 0.3) is 0 Å². The lowest BCUT2D eigenvalue weighted by atomic mass is 10.1. The first kappa shape index (κ1) is 14.1. The third-order valence-corrected chi connectivity index (χ3v) is 2.73. The first-order valence-electron chi connectivity index (χ1n) is 5.38. The molecule has 0 saturated carbocycles. The number of rotatable bonds is 6. The zero-order chi connectivity index (χ0) is 12.0. The third kappa shape index (κ3) is 4.42. The zero-order valence-electron chi connectivity index (χ0n) is 10.3. The molecule has 2 unspecified atom stereocenters. The molecule has 0 aromatic heterocycles. The van der Waals surface area contributed by atoms with Crippen LogP contribution in [-0.4, -0.2) is 43.3 Å².